The molecule has 0 aromatic heterocycles. The highest BCUT2D eigenvalue weighted by molar-refractivity contribution is 5.86. The molecule has 0 aromatic rings. The number of carbonyl (C=O) groups is 1. The summed E-state index contributed by atoms with van der Waals surface area (Å²) in [4.78, 5) is 14.2. The maximum atomic E-state index is 12.5. The SMILES string of the molecule is CC1CN(C(=O)C2(N)CCOCC2)CC(CO)O1. The lowest BCUT2D eigenvalue weighted by molar-refractivity contribution is -0.155. The maximum absolute atomic E-state index is 12.5. The van der Waals surface area contributed by atoms with Gasteiger partial charge in [-0.3, -0.25) is 4.79 Å². The average Bonchev–Trinajstić information content (AvgIpc) is 2.38. The largest absolute Gasteiger partial charge is 0.394 e. The van der Waals surface area contributed by atoms with Crippen molar-refractivity contribution in [3.8, 4) is 0 Å². The molecule has 6 heteroatoms. The summed E-state index contributed by atoms with van der Waals surface area (Å²) in [7, 11) is 0. The van der Waals surface area contributed by atoms with Crippen molar-refractivity contribution in [1.82, 2.24) is 4.90 Å². The number of amides is 1. The van der Waals surface area contributed by atoms with Gasteiger partial charge in [0.1, 0.15) is 0 Å². The normalized spacial score (nSPS) is 32.3. The van der Waals surface area contributed by atoms with Gasteiger partial charge in [0.05, 0.1) is 24.4 Å². The zero-order valence-corrected chi connectivity index (χ0v) is 10.8. The molecule has 2 aliphatic rings. The summed E-state index contributed by atoms with van der Waals surface area (Å²) >= 11 is 0. The highest BCUT2D eigenvalue weighted by atomic mass is 16.5. The molecule has 0 spiro atoms. The van der Waals surface area contributed by atoms with Gasteiger partial charge in [-0.1, -0.05) is 0 Å². The molecule has 2 atom stereocenters. The predicted molar refractivity (Wildman–Crippen MR) is 65.0 cm³/mol. The minimum absolute atomic E-state index is 0.0422. The van der Waals surface area contributed by atoms with E-state index in [4.69, 9.17) is 20.3 Å². The minimum atomic E-state index is -0.810. The van der Waals surface area contributed by atoms with Gasteiger partial charge in [-0.15, -0.1) is 0 Å². The summed E-state index contributed by atoms with van der Waals surface area (Å²) in [5.74, 6) is -0.0422. The van der Waals surface area contributed by atoms with Gasteiger partial charge in [0.25, 0.3) is 0 Å². The molecule has 0 bridgehead atoms. The average molecular weight is 258 g/mol. The second-order valence-electron chi connectivity index (χ2n) is 5.23. The summed E-state index contributed by atoms with van der Waals surface area (Å²) in [6, 6.07) is 0. The highest BCUT2D eigenvalue weighted by Gasteiger charge is 2.41. The van der Waals surface area contributed by atoms with Crippen molar-refractivity contribution in [1.29, 1.82) is 0 Å². The van der Waals surface area contributed by atoms with Gasteiger partial charge in [-0.2, -0.15) is 0 Å². The minimum Gasteiger partial charge on any atom is -0.394 e. The second-order valence-corrected chi connectivity index (χ2v) is 5.23. The Balaban J connectivity index is 2.03. The Morgan fingerprint density at radius 1 is 1.44 bits per heavy atom. The summed E-state index contributed by atoms with van der Waals surface area (Å²) in [5, 5.41) is 9.17. The topological polar surface area (TPSA) is 85.0 Å². The number of ether oxygens (including phenoxy) is 2. The molecular weight excluding hydrogens is 236 g/mol. The van der Waals surface area contributed by atoms with Crippen LogP contribution >= 0.6 is 0 Å². The molecule has 0 radical (unpaired) electrons. The van der Waals surface area contributed by atoms with Crippen molar-refractivity contribution in [3.05, 3.63) is 0 Å². The van der Waals surface area contributed by atoms with Gasteiger partial charge in [0.2, 0.25) is 5.91 Å². The molecular formula is C12H22N2O4. The summed E-state index contributed by atoms with van der Waals surface area (Å²) in [6.07, 6.45) is 0.743. The Morgan fingerprint density at radius 3 is 2.72 bits per heavy atom. The Hall–Kier alpha value is -0.690. The van der Waals surface area contributed by atoms with E-state index in [-0.39, 0.29) is 24.7 Å². The molecule has 2 aliphatic heterocycles. The first-order chi connectivity index (χ1) is 8.55. The van der Waals surface area contributed by atoms with Crippen molar-refractivity contribution in [3.63, 3.8) is 0 Å². The van der Waals surface area contributed by atoms with Gasteiger partial charge in [-0.05, 0) is 19.8 Å². The fourth-order valence-corrected chi connectivity index (χ4v) is 2.58. The van der Waals surface area contributed by atoms with Crippen molar-refractivity contribution in [2.24, 2.45) is 5.73 Å². The van der Waals surface area contributed by atoms with E-state index in [2.05, 4.69) is 0 Å². The van der Waals surface area contributed by atoms with E-state index in [1.54, 1.807) is 4.90 Å². The van der Waals surface area contributed by atoms with Crippen molar-refractivity contribution in [2.45, 2.75) is 37.5 Å². The number of aliphatic hydroxyl groups excluding tert-OH is 1. The molecule has 2 fully saturated rings. The molecule has 0 saturated carbocycles. The number of carbonyl (C=O) groups excluding carboxylic acids is 1. The van der Waals surface area contributed by atoms with Crippen LogP contribution in [0.3, 0.4) is 0 Å². The van der Waals surface area contributed by atoms with Crippen LogP contribution in [0.1, 0.15) is 19.8 Å². The van der Waals surface area contributed by atoms with Crippen molar-refractivity contribution < 1.29 is 19.4 Å². The highest BCUT2D eigenvalue weighted by Crippen LogP contribution is 2.22. The van der Waals surface area contributed by atoms with Crippen LogP contribution in [-0.2, 0) is 14.3 Å². The number of hydrogen-bond donors (Lipinski definition) is 2. The third kappa shape index (κ3) is 2.83. The Labute approximate surface area is 107 Å². The number of rotatable bonds is 2. The lowest BCUT2D eigenvalue weighted by Crippen LogP contribution is -2.62. The Kier molecular flexibility index (Phi) is 4.21. The number of nitrogens with zero attached hydrogens (tertiary/aromatic N) is 1. The van der Waals surface area contributed by atoms with Crippen LogP contribution in [0.2, 0.25) is 0 Å². The van der Waals surface area contributed by atoms with E-state index in [1.165, 1.54) is 0 Å². The first-order valence-corrected chi connectivity index (χ1v) is 6.47. The molecule has 2 rings (SSSR count). The van der Waals surface area contributed by atoms with Crippen LogP contribution in [0, 0.1) is 0 Å². The van der Waals surface area contributed by atoms with E-state index in [1.807, 2.05) is 6.92 Å². The molecule has 6 nitrogen and oxygen atoms in total. The predicted octanol–water partition coefficient (Wildman–Crippen LogP) is -0.897. The lowest BCUT2D eigenvalue weighted by Gasteiger charge is -2.41. The van der Waals surface area contributed by atoms with E-state index < -0.39 is 5.54 Å². The smallest absolute Gasteiger partial charge is 0.243 e. The first-order valence-electron chi connectivity index (χ1n) is 6.47. The van der Waals surface area contributed by atoms with Gasteiger partial charge in [-0.25, -0.2) is 0 Å². The molecule has 2 saturated heterocycles. The van der Waals surface area contributed by atoms with Crippen LogP contribution in [0.25, 0.3) is 0 Å². The molecule has 0 aromatic carbocycles. The molecule has 18 heavy (non-hydrogen) atoms. The molecule has 1 amide bonds. The number of aliphatic hydroxyl groups is 1. The zero-order chi connectivity index (χ0) is 13.2. The third-order valence-corrected chi connectivity index (χ3v) is 3.63. The summed E-state index contributed by atoms with van der Waals surface area (Å²) in [6.45, 7) is 3.84. The third-order valence-electron chi connectivity index (χ3n) is 3.63. The van der Waals surface area contributed by atoms with Crippen LogP contribution in [0.4, 0.5) is 0 Å². The first kappa shape index (κ1) is 13.7. The quantitative estimate of drug-likeness (QED) is 0.670. The van der Waals surface area contributed by atoms with Crippen LogP contribution in [0.5, 0.6) is 0 Å². The van der Waals surface area contributed by atoms with Gasteiger partial charge >= 0.3 is 0 Å². The second kappa shape index (κ2) is 5.52. The van der Waals surface area contributed by atoms with Gasteiger partial charge < -0.3 is 25.2 Å². The zero-order valence-electron chi connectivity index (χ0n) is 10.8. The van der Waals surface area contributed by atoms with Gasteiger partial charge in [0.15, 0.2) is 0 Å². The number of nitrogens with two attached hydrogens (primary N) is 1. The van der Waals surface area contributed by atoms with Gasteiger partial charge in [0, 0.05) is 26.3 Å². The standard InChI is InChI=1S/C12H22N2O4/c1-9-6-14(7-10(8-15)18-9)11(16)12(13)2-4-17-5-3-12/h9-10,15H,2-8,13H2,1H3. The number of morpholine rings is 1. The van der Waals surface area contributed by atoms with E-state index in [0.717, 1.165) is 0 Å². The Morgan fingerprint density at radius 2 is 2.11 bits per heavy atom. The Bertz CT molecular complexity index is 304. The fourth-order valence-electron chi connectivity index (χ4n) is 2.58. The van der Waals surface area contributed by atoms with Crippen molar-refractivity contribution >= 4 is 5.91 Å². The molecule has 2 heterocycles. The summed E-state index contributed by atoms with van der Waals surface area (Å²) < 4.78 is 10.8. The van der Waals surface area contributed by atoms with Crippen LogP contribution in [0.15, 0.2) is 0 Å². The van der Waals surface area contributed by atoms with Crippen LogP contribution < -0.4 is 5.73 Å². The van der Waals surface area contributed by atoms with E-state index in [0.29, 0.717) is 39.1 Å². The summed E-state index contributed by atoms with van der Waals surface area (Å²) in [5.41, 5.74) is 5.38. The monoisotopic (exact) mass is 258 g/mol. The maximum Gasteiger partial charge on any atom is 0.243 e. The van der Waals surface area contributed by atoms with E-state index in [9.17, 15) is 4.79 Å². The molecule has 2 unspecified atom stereocenters. The fraction of sp³-hybridized carbons (Fsp3) is 0.917. The lowest BCUT2D eigenvalue weighted by atomic mass is 9.89. The van der Waals surface area contributed by atoms with Crippen LogP contribution in [-0.4, -0.2) is 66.6 Å². The molecule has 104 valence electrons. The van der Waals surface area contributed by atoms with E-state index >= 15 is 0 Å². The van der Waals surface area contributed by atoms with Crippen molar-refractivity contribution in [2.75, 3.05) is 32.9 Å². The number of hydrogen-bond acceptors (Lipinski definition) is 5. The molecule has 3 N–H and O–H groups in total. The molecule has 0 aliphatic carbocycles.